The second-order valence-electron chi connectivity index (χ2n) is 19.0. The minimum atomic E-state index is -3.75. The first kappa shape index (κ1) is 43.5. The quantitative estimate of drug-likeness (QED) is 0.162. The molecule has 66 heavy (non-hydrogen) atoms. The molecule has 4 saturated heterocycles. The second kappa shape index (κ2) is 16.9. The molecule has 1 N–H and O–H groups in total. The minimum Gasteiger partial charge on any atom is -0.377 e. The van der Waals surface area contributed by atoms with Gasteiger partial charge >= 0.3 is 0 Å². The number of morpholine rings is 2. The van der Waals surface area contributed by atoms with E-state index in [0.29, 0.717) is 98.9 Å². The van der Waals surface area contributed by atoms with Crippen LogP contribution in [0.1, 0.15) is 88.0 Å². The molecule has 0 radical (unpaired) electrons. The molecular formula is C47H58N12O5S2. The van der Waals surface area contributed by atoms with Gasteiger partial charge in [0.25, 0.3) is 0 Å². The molecule has 19 heteroatoms. The number of rotatable bonds is 10. The molecule has 4 atom stereocenters. The fourth-order valence-corrected chi connectivity index (χ4v) is 14.9. The third-order valence-electron chi connectivity index (χ3n) is 14.4. The normalized spacial score (nSPS) is 25.9. The standard InChI is InChI=1S/C47H58N12O5S2/c1-30-27-63-20-18-57(30)42-23-38(51-45(53-42)37-25-48-26-39-36(37)11-15-49-39)33-12-16-56(17-13-33)66(61,62)29-34-7-5-8-40-44(34)50-32(3)59(40)46-52-41(24-43(54-46)58-19-21-64-28-31(58)2)47(4)14-6-22-65(47,60)55-35-9-10-35/h5,7-8,11,15,23-26,30-31,33,35,49H,6,9-10,12-14,16-22,27-29H2,1-4H3/t30-,31-,47?,65?/m1/s1. The van der Waals surface area contributed by atoms with Crippen molar-refractivity contribution in [2.45, 2.75) is 101 Å². The molecular weight excluding hydrogens is 877 g/mol. The Morgan fingerprint density at radius 2 is 1.64 bits per heavy atom. The van der Waals surface area contributed by atoms with Crippen molar-refractivity contribution in [1.29, 1.82) is 0 Å². The van der Waals surface area contributed by atoms with Crippen molar-refractivity contribution >= 4 is 53.3 Å². The van der Waals surface area contributed by atoms with E-state index in [0.717, 1.165) is 71.7 Å². The van der Waals surface area contributed by atoms with Gasteiger partial charge in [0.2, 0.25) is 16.0 Å². The van der Waals surface area contributed by atoms with Crippen molar-refractivity contribution in [2.75, 3.05) is 68.2 Å². The highest BCUT2D eigenvalue weighted by atomic mass is 32.2. The number of hydrogen-bond acceptors (Lipinski definition) is 14. The molecule has 17 nitrogen and oxygen atoms in total. The second-order valence-corrected chi connectivity index (χ2v) is 23.7. The maximum Gasteiger partial charge on any atom is 0.237 e. The highest BCUT2D eigenvalue weighted by molar-refractivity contribution is 7.94. The topological polar surface area (TPSA) is 190 Å². The first-order valence-corrected chi connectivity index (χ1v) is 26.7. The Morgan fingerprint density at radius 3 is 2.36 bits per heavy atom. The van der Waals surface area contributed by atoms with Crippen molar-refractivity contribution in [3.63, 3.8) is 0 Å². The first-order chi connectivity index (χ1) is 31.9. The summed E-state index contributed by atoms with van der Waals surface area (Å²) < 4.78 is 62.9. The van der Waals surface area contributed by atoms with Crippen molar-refractivity contribution in [3.05, 3.63) is 77.8 Å². The lowest BCUT2D eigenvalue weighted by atomic mass is 9.94. The molecule has 5 aromatic heterocycles. The summed E-state index contributed by atoms with van der Waals surface area (Å²) in [7, 11) is -6.34. The smallest absolute Gasteiger partial charge is 0.237 e. The zero-order valence-electron chi connectivity index (χ0n) is 38.1. The lowest BCUT2D eigenvalue weighted by Crippen LogP contribution is -2.44. The van der Waals surface area contributed by atoms with Crippen LogP contribution in [-0.2, 0) is 39.7 Å². The number of H-pyrrole nitrogens is 1. The zero-order chi connectivity index (χ0) is 45.4. The van der Waals surface area contributed by atoms with E-state index in [9.17, 15) is 12.6 Å². The Kier molecular flexibility index (Phi) is 11.1. The fraction of sp³-hybridized carbons (Fsp3) is 0.532. The van der Waals surface area contributed by atoms with Gasteiger partial charge < -0.3 is 24.3 Å². The molecule has 11 rings (SSSR count). The van der Waals surface area contributed by atoms with E-state index < -0.39 is 24.5 Å². The number of pyridine rings is 1. The maximum atomic E-state index is 14.7. The number of nitrogens with zero attached hydrogens (tertiary/aromatic N) is 11. The number of hydrogen-bond donors (Lipinski definition) is 1. The van der Waals surface area contributed by atoms with E-state index >= 15 is 0 Å². The van der Waals surface area contributed by atoms with Gasteiger partial charge in [-0.2, -0.15) is 4.98 Å². The summed E-state index contributed by atoms with van der Waals surface area (Å²) in [6.07, 6.45) is 10.3. The molecule has 5 aliphatic rings. The van der Waals surface area contributed by atoms with Crippen LogP contribution in [0.5, 0.6) is 0 Å². The monoisotopic (exact) mass is 934 g/mol. The number of imidazole rings is 1. The molecule has 1 saturated carbocycles. The number of anilines is 2. The number of fused-ring (bicyclic) bond motifs is 2. The average Bonchev–Trinajstić information content (AvgIpc) is 3.71. The summed E-state index contributed by atoms with van der Waals surface area (Å²) in [5.74, 6) is 3.65. The zero-order valence-corrected chi connectivity index (χ0v) is 39.7. The van der Waals surface area contributed by atoms with Crippen molar-refractivity contribution in [3.8, 4) is 17.3 Å². The van der Waals surface area contributed by atoms with Crippen LogP contribution in [0, 0.1) is 6.92 Å². The number of aryl methyl sites for hydroxylation is 1. The number of aromatic amines is 1. The Morgan fingerprint density at radius 1 is 0.894 bits per heavy atom. The molecule has 2 unspecified atom stereocenters. The van der Waals surface area contributed by atoms with Gasteiger partial charge in [-0.15, -0.1) is 0 Å². The predicted octanol–water partition coefficient (Wildman–Crippen LogP) is 6.26. The van der Waals surface area contributed by atoms with Gasteiger partial charge in [-0.1, -0.05) is 12.1 Å². The van der Waals surface area contributed by atoms with Crippen molar-refractivity contribution in [2.24, 2.45) is 4.36 Å². The van der Waals surface area contributed by atoms with Crippen LogP contribution in [-0.4, -0.2) is 133 Å². The van der Waals surface area contributed by atoms with Gasteiger partial charge in [-0.3, -0.25) is 9.55 Å². The van der Waals surface area contributed by atoms with Gasteiger partial charge in [0.15, 0.2) is 5.82 Å². The molecule has 6 aromatic rings. The van der Waals surface area contributed by atoms with Gasteiger partial charge in [0.05, 0.1) is 93.2 Å². The summed E-state index contributed by atoms with van der Waals surface area (Å²) in [5, 5.41) is 0.998. The minimum absolute atomic E-state index is 0.0387. The molecule has 0 spiro atoms. The molecule has 5 fully saturated rings. The molecule has 1 aliphatic carbocycles. The van der Waals surface area contributed by atoms with Crippen LogP contribution in [0.25, 0.3) is 39.3 Å². The maximum absolute atomic E-state index is 14.7. The van der Waals surface area contributed by atoms with E-state index in [1.165, 1.54) is 0 Å². The Bertz CT molecular complexity index is 3060. The van der Waals surface area contributed by atoms with Crippen LogP contribution >= 0.6 is 0 Å². The summed E-state index contributed by atoms with van der Waals surface area (Å²) in [6, 6.07) is 12.2. The summed E-state index contributed by atoms with van der Waals surface area (Å²) >= 11 is 0. The van der Waals surface area contributed by atoms with Gasteiger partial charge in [0, 0.05) is 79.0 Å². The fourth-order valence-electron chi connectivity index (χ4n) is 10.4. The number of nitrogens with one attached hydrogen (secondary N) is 1. The van der Waals surface area contributed by atoms with Crippen LogP contribution < -0.4 is 9.80 Å². The lowest BCUT2D eigenvalue weighted by Gasteiger charge is -2.35. The SMILES string of the molecule is Cc1nc2c(CS(=O)(=O)N3CCC(c4cc(N5CCOC[C@H]5C)nc(-c5cncc6[nH]ccc56)n4)CC3)cccc2n1-c1nc(N2CCOC[C@H]2C)cc(C2(C)CCCS2(=O)=NC2CC2)n1. The number of aromatic nitrogens is 8. The number of sulfonamides is 1. The Labute approximate surface area is 386 Å². The number of ether oxygens (including phenoxy) is 2. The molecule has 1 aromatic carbocycles. The summed E-state index contributed by atoms with van der Waals surface area (Å²) in [6.45, 7) is 12.7. The third-order valence-corrected chi connectivity index (χ3v) is 19.5. The molecule has 0 amide bonds. The Hall–Kier alpha value is -5.08. The summed E-state index contributed by atoms with van der Waals surface area (Å²) in [4.78, 5) is 37.9. The number of piperidine rings is 1. The third kappa shape index (κ3) is 7.83. The van der Waals surface area contributed by atoms with Crippen molar-refractivity contribution < 1.29 is 22.1 Å². The van der Waals surface area contributed by atoms with E-state index in [4.69, 9.17) is 38.8 Å². The molecule has 348 valence electrons. The number of benzene rings is 1. The van der Waals surface area contributed by atoms with E-state index in [2.05, 4.69) is 46.6 Å². The van der Waals surface area contributed by atoms with Crippen LogP contribution in [0.15, 0.2) is 59.4 Å². The molecule has 9 heterocycles. The molecule has 0 bridgehead atoms. The lowest BCUT2D eigenvalue weighted by molar-refractivity contribution is 0.0984. The van der Waals surface area contributed by atoms with E-state index in [1.54, 1.807) is 10.5 Å². The predicted molar refractivity (Wildman–Crippen MR) is 255 cm³/mol. The van der Waals surface area contributed by atoms with Crippen LogP contribution in [0.3, 0.4) is 0 Å². The Balaban J connectivity index is 0.883. The summed E-state index contributed by atoms with van der Waals surface area (Å²) in [5.41, 5.74) is 5.31. The van der Waals surface area contributed by atoms with Gasteiger partial charge in [0.1, 0.15) is 17.5 Å². The first-order valence-electron chi connectivity index (χ1n) is 23.4. The van der Waals surface area contributed by atoms with Gasteiger partial charge in [-0.25, -0.2) is 41.2 Å². The largest absolute Gasteiger partial charge is 0.377 e. The van der Waals surface area contributed by atoms with Crippen molar-refractivity contribution in [1.82, 2.24) is 43.8 Å². The van der Waals surface area contributed by atoms with Crippen LogP contribution in [0.4, 0.5) is 11.6 Å². The molecule has 4 aliphatic heterocycles. The van der Waals surface area contributed by atoms with Crippen LogP contribution in [0.2, 0.25) is 0 Å². The van der Waals surface area contributed by atoms with Gasteiger partial charge in [-0.05, 0) is 83.9 Å². The van der Waals surface area contributed by atoms with E-state index in [-0.39, 0.29) is 29.8 Å². The van der Waals surface area contributed by atoms with E-state index in [1.807, 2.05) is 54.2 Å². The number of para-hydroxylation sites is 1. The highest BCUT2D eigenvalue weighted by Gasteiger charge is 2.46. The average molecular weight is 935 g/mol. The highest BCUT2D eigenvalue weighted by Crippen LogP contribution is 2.45.